The van der Waals surface area contributed by atoms with E-state index in [0.29, 0.717) is 18.0 Å². The standard InChI is InChI=1S/C23H29FN2O2/c1-15(2)18-7-5-17(6-8-18)13-14-25-23(28)21(16(3)4)26-22(27)19-9-11-20(24)12-10-19/h5-12,15-16,21H,13-14H2,1-4H3,(H,25,28)(H,26,27)/t21-/m0/s1. The van der Waals surface area contributed by atoms with Crippen LogP contribution in [0.2, 0.25) is 0 Å². The summed E-state index contributed by atoms with van der Waals surface area (Å²) in [6.07, 6.45) is 0.723. The van der Waals surface area contributed by atoms with Crippen molar-refractivity contribution >= 4 is 11.8 Å². The highest BCUT2D eigenvalue weighted by molar-refractivity contribution is 5.97. The van der Waals surface area contributed by atoms with E-state index in [0.717, 1.165) is 12.0 Å². The lowest BCUT2D eigenvalue weighted by molar-refractivity contribution is -0.123. The average Bonchev–Trinajstić information content (AvgIpc) is 2.66. The summed E-state index contributed by atoms with van der Waals surface area (Å²) in [5.74, 6) is -0.599. The Balaban J connectivity index is 1.89. The third-order valence-corrected chi connectivity index (χ3v) is 4.70. The molecule has 0 aliphatic heterocycles. The Labute approximate surface area is 166 Å². The molecule has 2 N–H and O–H groups in total. The molecule has 2 aromatic carbocycles. The number of hydrogen-bond donors (Lipinski definition) is 2. The van der Waals surface area contributed by atoms with Crippen LogP contribution in [0.15, 0.2) is 48.5 Å². The fourth-order valence-electron chi connectivity index (χ4n) is 2.87. The van der Waals surface area contributed by atoms with Gasteiger partial charge in [0, 0.05) is 12.1 Å². The molecule has 0 fully saturated rings. The first-order valence-electron chi connectivity index (χ1n) is 9.71. The van der Waals surface area contributed by atoms with Gasteiger partial charge in [0.25, 0.3) is 5.91 Å². The van der Waals surface area contributed by atoms with Gasteiger partial charge in [0.05, 0.1) is 0 Å². The van der Waals surface area contributed by atoms with Gasteiger partial charge in [0.1, 0.15) is 11.9 Å². The Morgan fingerprint density at radius 1 is 0.929 bits per heavy atom. The first-order valence-corrected chi connectivity index (χ1v) is 9.71. The number of hydrogen-bond acceptors (Lipinski definition) is 2. The van der Waals surface area contributed by atoms with Crippen molar-refractivity contribution < 1.29 is 14.0 Å². The first kappa shape index (κ1) is 21.6. The molecule has 0 saturated carbocycles. The summed E-state index contributed by atoms with van der Waals surface area (Å²) < 4.78 is 13.0. The maximum absolute atomic E-state index is 13.0. The number of nitrogens with one attached hydrogen (secondary N) is 2. The lowest BCUT2D eigenvalue weighted by Crippen LogP contribution is -2.50. The molecule has 150 valence electrons. The van der Waals surface area contributed by atoms with Crippen molar-refractivity contribution in [2.45, 2.75) is 46.1 Å². The SMILES string of the molecule is CC(C)c1ccc(CCNC(=O)[C@@H](NC(=O)c2ccc(F)cc2)C(C)C)cc1. The van der Waals surface area contributed by atoms with Crippen molar-refractivity contribution in [2.24, 2.45) is 5.92 Å². The predicted molar refractivity (Wildman–Crippen MR) is 110 cm³/mol. The molecule has 0 aliphatic rings. The molecule has 1 atom stereocenters. The molecule has 0 aromatic heterocycles. The molecule has 2 aromatic rings. The fraction of sp³-hybridized carbons (Fsp3) is 0.391. The van der Waals surface area contributed by atoms with Gasteiger partial charge in [-0.3, -0.25) is 9.59 Å². The molecule has 0 bridgehead atoms. The number of halogens is 1. The molecule has 0 spiro atoms. The van der Waals surface area contributed by atoms with Crippen LogP contribution in [0.3, 0.4) is 0 Å². The zero-order valence-corrected chi connectivity index (χ0v) is 17.0. The van der Waals surface area contributed by atoms with Crippen molar-refractivity contribution in [1.29, 1.82) is 0 Å². The van der Waals surface area contributed by atoms with Crippen LogP contribution in [-0.4, -0.2) is 24.4 Å². The second-order valence-corrected chi connectivity index (χ2v) is 7.64. The normalized spacial score (nSPS) is 12.1. The minimum absolute atomic E-state index is 0.0743. The van der Waals surface area contributed by atoms with Gasteiger partial charge < -0.3 is 10.6 Å². The molecule has 0 saturated heterocycles. The van der Waals surface area contributed by atoms with Gasteiger partial charge in [-0.05, 0) is 53.6 Å². The molecular formula is C23H29FN2O2. The first-order chi connectivity index (χ1) is 13.3. The van der Waals surface area contributed by atoms with Crippen LogP contribution in [0.5, 0.6) is 0 Å². The molecule has 0 unspecified atom stereocenters. The number of amides is 2. The monoisotopic (exact) mass is 384 g/mol. The molecular weight excluding hydrogens is 355 g/mol. The zero-order chi connectivity index (χ0) is 20.7. The fourth-order valence-corrected chi connectivity index (χ4v) is 2.87. The maximum atomic E-state index is 13.0. The van der Waals surface area contributed by atoms with Gasteiger partial charge in [-0.2, -0.15) is 0 Å². The van der Waals surface area contributed by atoms with Crippen molar-refractivity contribution in [1.82, 2.24) is 10.6 Å². The molecule has 2 rings (SSSR count). The van der Waals surface area contributed by atoms with Crippen LogP contribution >= 0.6 is 0 Å². The lowest BCUT2D eigenvalue weighted by Gasteiger charge is -2.22. The van der Waals surface area contributed by atoms with Crippen LogP contribution in [-0.2, 0) is 11.2 Å². The van der Waals surface area contributed by atoms with Gasteiger partial charge in [-0.1, -0.05) is 52.0 Å². The van der Waals surface area contributed by atoms with E-state index in [4.69, 9.17) is 0 Å². The van der Waals surface area contributed by atoms with Crippen molar-refractivity contribution in [3.63, 3.8) is 0 Å². The highest BCUT2D eigenvalue weighted by Gasteiger charge is 2.24. The van der Waals surface area contributed by atoms with Crippen LogP contribution in [0.25, 0.3) is 0 Å². The van der Waals surface area contributed by atoms with Gasteiger partial charge in [0.15, 0.2) is 0 Å². The van der Waals surface area contributed by atoms with Gasteiger partial charge >= 0.3 is 0 Å². The Morgan fingerprint density at radius 3 is 2.07 bits per heavy atom. The van der Waals surface area contributed by atoms with E-state index in [1.165, 1.54) is 29.8 Å². The quantitative estimate of drug-likeness (QED) is 0.721. The maximum Gasteiger partial charge on any atom is 0.251 e. The summed E-state index contributed by atoms with van der Waals surface area (Å²) in [4.78, 5) is 24.9. The number of carbonyl (C=O) groups excluding carboxylic acids is 2. The average molecular weight is 384 g/mol. The minimum atomic E-state index is -0.652. The minimum Gasteiger partial charge on any atom is -0.354 e. The van der Waals surface area contributed by atoms with Gasteiger partial charge in [0.2, 0.25) is 5.91 Å². The molecule has 0 heterocycles. The Hall–Kier alpha value is -2.69. The number of rotatable bonds is 8. The second kappa shape index (κ2) is 10.0. The largest absolute Gasteiger partial charge is 0.354 e. The summed E-state index contributed by atoms with van der Waals surface area (Å²) >= 11 is 0. The van der Waals surface area contributed by atoms with E-state index < -0.39 is 17.8 Å². The smallest absolute Gasteiger partial charge is 0.251 e. The summed E-state index contributed by atoms with van der Waals surface area (Å²) in [6.45, 7) is 8.55. The topological polar surface area (TPSA) is 58.2 Å². The van der Waals surface area contributed by atoms with E-state index in [-0.39, 0.29) is 11.8 Å². The van der Waals surface area contributed by atoms with Crippen molar-refractivity contribution in [2.75, 3.05) is 6.54 Å². The number of benzene rings is 2. The Morgan fingerprint density at radius 2 is 1.54 bits per heavy atom. The molecule has 5 heteroatoms. The van der Waals surface area contributed by atoms with Crippen LogP contribution in [0, 0.1) is 11.7 Å². The number of carbonyl (C=O) groups is 2. The lowest BCUT2D eigenvalue weighted by atomic mass is 10.0. The van der Waals surface area contributed by atoms with Gasteiger partial charge in [-0.15, -0.1) is 0 Å². The second-order valence-electron chi connectivity index (χ2n) is 7.64. The third kappa shape index (κ3) is 6.19. The highest BCUT2D eigenvalue weighted by Crippen LogP contribution is 2.14. The Kier molecular flexibility index (Phi) is 7.73. The van der Waals surface area contributed by atoms with Crippen molar-refractivity contribution in [3.8, 4) is 0 Å². The summed E-state index contributed by atoms with van der Waals surface area (Å²) in [5, 5.41) is 5.65. The molecule has 28 heavy (non-hydrogen) atoms. The molecule has 2 amide bonds. The van der Waals surface area contributed by atoms with E-state index in [2.05, 4.69) is 48.7 Å². The van der Waals surface area contributed by atoms with E-state index in [9.17, 15) is 14.0 Å². The van der Waals surface area contributed by atoms with Crippen LogP contribution in [0.1, 0.15) is 55.1 Å². The molecule has 4 nitrogen and oxygen atoms in total. The summed E-state index contributed by atoms with van der Waals surface area (Å²) in [5.41, 5.74) is 2.77. The van der Waals surface area contributed by atoms with Crippen molar-refractivity contribution in [3.05, 3.63) is 71.0 Å². The van der Waals surface area contributed by atoms with E-state index >= 15 is 0 Å². The van der Waals surface area contributed by atoms with Crippen LogP contribution in [0.4, 0.5) is 4.39 Å². The van der Waals surface area contributed by atoms with Crippen LogP contribution < -0.4 is 10.6 Å². The third-order valence-electron chi connectivity index (χ3n) is 4.70. The molecule has 0 radical (unpaired) electrons. The zero-order valence-electron chi connectivity index (χ0n) is 17.0. The molecule has 0 aliphatic carbocycles. The van der Waals surface area contributed by atoms with E-state index in [1.54, 1.807) is 0 Å². The van der Waals surface area contributed by atoms with Gasteiger partial charge in [-0.25, -0.2) is 4.39 Å². The summed E-state index contributed by atoms with van der Waals surface area (Å²) in [6, 6.07) is 13.0. The predicted octanol–water partition coefficient (Wildman–Crippen LogP) is 4.06. The van der Waals surface area contributed by atoms with E-state index in [1.807, 2.05) is 13.8 Å². The summed E-state index contributed by atoms with van der Waals surface area (Å²) in [7, 11) is 0. The Bertz CT molecular complexity index is 783. The highest BCUT2D eigenvalue weighted by atomic mass is 19.1.